The van der Waals surface area contributed by atoms with Gasteiger partial charge in [0.05, 0.1) is 5.92 Å². The molecule has 0 bridgehead atoms. The fourth-order valence-corrected chi connectivity index (χ4v) is 3.44. The van der Waals surface area contributed by atoms with Crippen LogP contribution < -0.4 is 5.32 Å². The summed E-state index contributed by atoms with van der Waals surface area (Å²) in [5.41, 5.74) is 2.37. The van der Waals surface area contributed by atoms with Crippen LogP contribution in [0.4, 0.5) is 4.39 Å². The molecule has 0 aliphatic heterocycles. The lowest BCUT2D eigenvalue weighted by Gasteiger charge is -2.27. The highest BCUT2D eigenvalue weighted by atomic mass is 35.5. The number of carboxylic acids is 1. The third kappa shape index (κ3) is 4.59. The molecule has 2 aromatic rings. The first kappa shape index (κ1) is 17.9. The molecule has 2 N–H and O–H groups in total. The largest absolute Gasteiger partial charge is 0.481 e. The fourth-order valence-electron chi connectivity index (χ4n) is 3.31. The number of hydrogen-bond acceptors (Lipinski definition) is 2. The molecular formula is C20H21ClFNO2. The number of halogens is 2. The minimum atomic E-state index is -0.706. The average Bonchev–Trinajstić information content (AvgIpc) is 2.61. The highest BCUT2D eigenvalue weighted by molar-refractivity contribution is 6.30. The monoisotopic (exact) mass is 361 g/mol. The van der Waals surface area contributed by atoms with Crippen LogP contribution in [0.2, 0.25) is 5.02 Å². The Morgan fingerprint density at radius 2 is 1.72 bits per heavy atom. The lowest BCUT2D eigenvalue weighted by Crippen LogP contribution is -2.34. The van der Waals surface area contributed by atoms with E-state index in [9.17, 15) is 9.18 Å². The van der Waals surface area contributed by atoms with Crippen LogP contribution in [0.15, 0.2) is 42.5 Å². The van der Waals surface area contributed by atoms with E-state index in [1.165, 1.54) is 0 Å². The van der Waals surface area contributed by atoms with Gasteiger partial charge in [0.1, 0.15) is 5.82 Å². The molecule has 0 atom stereocenters. The van der Waals surface area contributed by atoms with Gasteiger partial charge in [-0.1, -0.05) is 35.9 Å². The molecule has 3 rings (SSSR count). The Labute approximate surface area is 151 Å². The molecule has 0 aromatic heterocycles. The van der Waals surface area contributed by atoms with Gasteiger partial charge in [-0.05, 0) is 55.0 Å². The molecule has 1 aliphatic carbocycles. The molecule has 1 aliphatic rings. The third-order valence-electron chi connectivity index (χ3n) is 4.89. The van der Waals surface area contributed by atoms with Crippen LogP contribution in [-0.2, 0) is 11.3 Å². The summed E-state index contributed by atoms with van der Waals surface area (Å²) in [7, 11) is 0. The van der Waals surface area contributed by atoms with Crippen molar-refractivity contribution in [2.75, 3.05) is 0 Å². The van der Waals surface area contributed by atoms with Gasteiger partial charge >= 0.3 is 5.97 Å². The quantitative estimate of drug-likeness (QED) is 0.798. The molecule has 132 valence electrons. The molecule has 0 radical (unpaired) electrons. The maximum absolute atomic E-state index is 14.4. The zero-order valence-electron chi connectivity index (χ0n) is 13.8. The van der Waals surface area contributed by atoms with E-state index in [2.05, 4.69) is 5.32 Å². The van der Waals surface area contributed by atoms with Gasteiger partial charge in [-0.2, -0.15) is 0 Å². The molecule has 0 heterocycles. The number of hydrogen-bond donors (Lipinski definition) is 2. The SMILES string of the molecule is O=C(O)C1CCC(NCc2ccc(-c3ccc(Cl)cc3)cc2F)CC1. The Balaban J connectivity index is 1.59. The summed E-state index contributed by atoms with van der Waals surface area (Å²) in [6.45, 7) is 0.454. The molecule has 1 saturated carbocycles. The molecule has 3 nitrogen and oxygen atoms in total. The topological polar surface area (TPSA) is 49.3 Å². The lowest BCUT2D eigenvalue weighted by molar-refractivity contribution is -0.142. The van der Waals surface area contributed by atoms with Crippen LogP contribution in [0.5, 0.6) is 0 Å². The number of carboxylic acid groups (broad SMARTS) is 1. The van der Waals surface area contributed by atoms with Crippen LogP contribution >= 0.6 is 11.6 Å². The Kier molecular flexibility index (Phi) is 5.71. The summed E-state index contributed by atoms with van der Waals surface area (Å²) in [5, 5.41) is 13.0. The number of carbonyl (C=O) groups is 1. The molecule has 5 heteroatoms. The summed E-state index contributed by atoms with van der Waals surface area (Å²) >= 11 is 5.88. The predicted molar refractivity (Wildman–Crippen MR) is 97.1 cm³/mol. The summed E-state index contributed by atoms with van der Waals surface area (Å²) in [5.74, 6) is -1.17. The summed E-state index contributed by atoms with van der Waals surface area (Å²) in [4.78, 5) is 11.0. The summed E-state index contributed by atoms with van der Waals surface area (Å²) < 4.78 is 14.4. The fraction of sp³-hybridized carbons (Fsp3) is 0.350. The smallest absolute Gasteiger partial charge is 0.306 e. The van der Waals surface area contributed by atoms with Gasteiger partial charge in [0, 0.05) is 23.2 Å². The van der Waals surface area contributed by atoms with Gasteiger partial charge in [-0.15, -0.1) is 0 Å². The highest BCUT2D eigenvalue weighted by Crippen LogP contribution is 2.26. The van der Waals surface area contributed by atoms with E-state index in [0.29, 0.717) is 30.0 Å². The van der Waals surface area contributed by atoms with E-state index < -0.39 is 5.97 Å². The minimum Gasteiger partial charge on any atom is -0.481 e. The Bertz CT molecular complexity index is 740. The maximum atomic E-state index is 14.4. The van der Waals surface area contributed by atoms with Crippen LogP contribution in [0.1, 0.15) is 31.2 Å². The Hall–Kier alpha value is -1.91. The van der Waals surface area contributed by atoms with E-state index in [1.807, 2.05) is 18.2 Å². The number of benzene rings is 2. The van der Waals surface area contributed by atoms with E-state index >= 15 is 0 Å². The normalized spacial score (nSPS) is 20.4. The van der Waals surface area contributed by atoms with Crippen molar-refractivity contribution in [3.8, 4) is 11.1 Å². The summed E-state index contributed by atoms with van der Waals surface area (Å²) in [6.07, 6.45) is 3.01. The van der Waals surface area contributed by atoms with Gasteiger partial charge in [0.15, 0.2) is 0 Å². The maximum Gasteiger partial charge on any atom is 0.306 e. The van der Waals surface area contributed by atoms with Crippen molar-refractivity contribution in [2.24, 2.45) is 5.92 Å². The molecule has 2 aromatic carbocycles. The summed E-state index contributed by atoms with van der Waals surface area (Å²) in [6, 6.07) is 12.8. The van der Waals surface area contributed by atoms with Crippen LogP contribution in [0, 0.1) is 11.7 Å². The molecule has 25 heavy (non-hydrogen) atoms. The van der Waals surface area contributed by atoms with Crippen molar-refractivity contribution < 1.29 is 14.3 Å². The first-order valence-electron chi connectivity index (χ1n) is 8.53. The second-order valence-corrected chi connectivity index (χ2v) is 7.02. The van der Waals surface area contributed by atoms with E-state index in [0.717, 1.165) is 24.0 Å². The van der Waals surface area contributed by atoms with Gasteiger partial charge in [0.2, 0.25) is 0 Å². The molecule has 1 fully saturated rings. The number of nitrogens with one attached hydrogen (secondary N) is 1. The van der Waals surface area contributed by atoms with Crippen molar-refractivity contribution in [1.82, 2.24) is 5.32 Å². The minimum absolute atomic E-state index is 0.228. The zero-order valence-corrected chi connectivity index (χ0v) is 14.6. The van der Waals surface area contributed by atoms with Crippen molar-refractivity contribution in [3.63, 3.8) is 0 Å². The standard InChI is InChI=1S/C20H21ClFNO2/c21-17-7-3-13(4-8-17)15-1-2-16(19(22)11-15)12-23-18-9-5-14(6-10-18)20(24)25/h1-4,7-8,11,14,18,23H,5-6,9-10,12H2,(H,24,25). The van der Waals surface area contributed by atoms with Crippen molar-refractivity contribution >= 4 is 17.6 Å². The molecule has 0 spiro atoms. The third-order valence-corrected chi connectivity index (χ3v) is 5.14. The van der Waals surface area contributed by atoms with E-state index in [4.69, 9.17) is 16.7 Å². The van der Waals surface area contributed by atoms with Gasteiger partial charge in [0.25, 0.3) is 0 Å². The van der Waals surface area contributed by atoms with Gasteiger partial charge in [-0.25, -0.2) is 4.39 Å². The van der Waals surface area contributed by atoms with Gasteiger partial charge < -0.3 is 10.4 Å². The Morgan fingerprint density at radius 3 is 2.32 bits per heavy atom. The zero-order chi connectivity index (χ0) is 17.8. The number of rotatable bonds is 5. The Morgan fingerprint density at radius 1 is 1.08 bits per heavy atom. The van der Waals surface area contributed by atoms with E-state index in [-0.39, 0.29) is 17.8 Å². The van der Waals surface area contributed by atoms with Crippen molar-refractivity contribution in [3.05, 3.63) is 58.9 Å². The van der Waals surface area contributed by atoms with Crippen molar-refractivity contribution in [1.29, 1.82) is 0 Å². The van der Waals surface area contributed by atoms with Crippen LogP contribution in [0.3, 0.4) is 0 Å². The molecule has 0 saturated heterocycles. The molecular weight excluding hydrogens is 341 g/mol. The number of aliphatic carboxylic acids is 1. The second kappa shape index (κ2) is 7.98. The first-order chi connectivity index (χ1) is 12.0. The second-order valence-electron chi connectivity index (χ2n) is 6.58. The van der Waals surface area contributed by atoms with Gasteiger partial charge in [-0.3, -0.25) is 4.79 Å². The lowest BCUT2D eigenvalue weighted by atomic mass is 9.86. The molecule has 0 unspecified atom stereocenters. The molecule has 0 amide bonds. The highest BCUT2D eigenvalue weighted by Gasteiger charge is 2.25. The predicted octanol–water partition coefficient (Wildman–Crippen LogP) is 4.88. The van der Waals surface area contributed by atoms with Crippen LogP contribution in [-0.4, -0.2) is 17.1 Å². The van der Waals surface area contributed by atoms with Crippen LogP contribution in [0.25, 0.3) is 11.1 Å². The van der Waals surface area contributed by atoms with Crippen molar-refractivity contribution in [2.45, 2.75) is 38.3 Å². The first-order valence-corrected chi connectivity index (χ1v) is 8.91. The van der Waals surface area contributed by atoms with E-state index in [1.54, 1.807) is 24.3 Å². The average molecular weight is 362 g/mol.